The van der Waals surface area contributed by atoms with E-state index in [-0.39, 0.29) is 24.0 Å². The molecule has 2 aliphatic rings. The molecule has 2 heterocycles. The van der Waals surface area contributed by atoms with E-state index in [2.05, 4.69) is 31.5 Å². The fraction of sp³-hybridized carbons (Fsp3) is 0.214. The van der Waals surface area contributed by atoms with Gasteiger partial charge in [-0.1, -0.05) is 52.3 Å². The van der Waals surface area contributed by atoms with Crippen LogP contribution in [0.3, 0.4) is 0 Å². The summed E-state index contributed by atoms with van der Waals surface area (Å²) in [5, 5.41) is 5.85. The van der Waals surface area contributed by atoms with Crippen molar-refractivity contribution in [2.75, 3.05) is 29.5 Å². The first kappa shape index (κ1) is 24.2. The Labute approximate surface area is 218 Å². The number of likely N-dealkylation sites (tertiary alicyclic amines) is 1. The number of rotatable bonds is 7. The van der Waals surface area contributed by atoms with Crippen molar-refractivity contribution >= 4 is 50.9 Å². The molecule has 2 fully saturated rings. The van der Waals surface area contributed by atoms with Crippen molar-refractivity contribution in [3.8, 4) is 0 Å². The lowest BCUT2D eigenvalue weighted by Crippen LogP contribution is -2.44. The first-order valence-corrected chi connectivity index (χ1v) is 12.6. The Hall–Kier alpha value is -3.46. The highest BCUT2D eigenvalue weighted by Gasteiger charge is 2.44. The third-order valence-electron chi connectivity index (χ3n) is 6.53. The number of anilines is 3. The zero-order chi connectivity index (χ0) is 25.1. The van der Waals surface area contributed by atoms with Gasteiger partial charge in [-0.3, -0.25) is 14.5 Å². The number of morpholine rings is 1. The zero-order valence-corrected chi connectivity index (χ0v) is 21.1. The first-order chi connectivity index (χ1) is 17.5. The van der Waals surface area contributed by atoms with Crippen LogP contribution in [-0.4, -0.2) is 42.0 Å². The van der Waals surface area contributed by atoms with Crippen molar-refractivity contribution in [1.82, 2.24) is 4.90 Å². The maximum absolute atomic E-state index is 13.5. The third-order valence-corrected chi connectivity index (χ3v) is 7.06. The number of amides is 2. The molecule has 0 radical (unpaired) electrons. The van der Waals surface area contributed by atoms with Crippen molar-refractivity contribution in [3.63, 3.8) is 0 Å². The van der Waals surface area contributed by atoms with Gasteiger partial charge >= 0.3 is 0 Å². The first-order valence-electron chi connectivity index (χ1n) is 11.8. The summed E-state index contributed by atoms with van der Waals surface area (Å²) in [6, 6.07) is 22.2. The summed E-state index contributed by atoms with van der Waals surface area (Å²) in [6.07, 6.45) is 4.33. The van der Waals surface area contributed by atoms with Crippen molar-refractivity contribution in [2.24, 2.45) is 0 Å². The number of nitrogens with two attached hydrogens (primary N) is 1. The molecule has 3 atom stereocenters. The average molecular weight is 547 g/mol. The van der Waals surface area contributed by atoms with Gasteiger partial charge in [0.25, 0.3) is 0 Å². The highest BCUT2D eigenvalue weighted by Crippen LogP contribution is 2.36. The van der Waals surface area contributed by atoms with Gasteiger partial charge in [0.1, 0.15) is 6.04 Å². The van der Waals surface area contributed by atoms with Crippen molar-refractivity contribution < 1.29 is 14.3 Å². The van der Waals surface area contributed by atoms with Gasteiger partial charge in [-0.05, 0) is 60.0 Å². The summed E-state index contributed by atoms with van der Waals surface area (Å²) < 4.78 is 6.72. The van der Waals surface area contributed by atoms with E-state index in [1.807, 2.05) is 60.7 Å². The quantitative estimate of drug-likeness (QED) is 0.291. The maximum Gasteiger partial charge on any atom is 0.248 e. The fourth-order valence-electron chi connectivity index (χ4n) is 4.73. The lowest BCUT2D eigenvalue weighted by molar-refractivity contribution is -0.123. The molecule has 2 aliphatic heterocycles. The summed E-state index contributed by atoms with van der Waals surface area (Å²) in [5.41, 5.74) is 9.48. The van der Waals surface area contributed by atoms with Crippen LogP contribution in [0.2, 0.25) is 0 Å². The number of carbonyl (C=O) groups is 2. The Balaban J connectivity index is 1.31. The van der Waals surface area contributed by atoms with Gasteiger partial charge in [-0.15, -0.1) is 0 Å². The van der Waals surface area contributed by atoms with Gasteiger partial charge in [-0.25, -0.2) is 0 Å². The molecule has 0 saturated carbocycles. The number of hydrogen-bond acceptors (Lipinski definition) is 5. The number of fused-ring (bicyclic) bond motifs is 2. The number of nitrogens with zero attached hydrogens (tertiary/aromatic N) is 1. The lowest BCUT2D eigenvalue weighted by atomic mass is 10.0. The van der Waals surface area contributed by atoms with Crippen molar-refractivity contribution in [1.29, 1.82) is 0 Å². The molecule has 3 unspecified atom stereocenters. The van der Waals surface area contributed by atoms with Gasteiger partial charge in [0.2, 0.25) is 11.8 Å². The van der Waals surface area contributed by atoms with Crippen LogP contribution in [0.25, 0.3) is 6.08 Å². The molecular weight excluding hydrogens is 520 g/mol. The maximum atomic E-state index is 13.5. The average Bonchev–Trinajstić information content (AvgIpc) is 3.50. The molecule has 36 heavy (non-hydrogen) atoms. The standard InChI is InChI=1S/C28H27BrN4O3/c29-20-10-12-21(13-11-20)31-28(35)27(33-16-23-15-22(33)17-36-23)19-8-5-18(6-9-19)7-14-26(34)32-25-4-2-1-3-24(25)30/h1-14,22-23,27H,15-17,30H2,(H,31,35)(H,32,34)/b14-7+. The van der Waals surface area contributed by atoms with Gasteiger partial charge in [0.05, 0.1) is 24.1 Å². The van der Waals surface area contributed by atoms with E-state index < -0.39 is 6.04 Å². The number of carbonyl (C=O) groups excluding carboxylic acids is 2. The summed E-state index contributed by atoms with van der Waals surface area (Å²) in [5.74, 6) is -0.343. The van der Waals surface area contributed by atoms with Gasteiger partial charge < -0.3 is 21.1 Å². The number of ether oxygens (including phenoxy) is 1. The normalized spacial score (nSPS) is 19.9. The monoisotopic (exact) mass is 546 g/mol. The van der Waals surface area contributed by atoms with E-state index in [9.17, 15) is 9.59 Å². The van der Waals surface area contributed by atoms with Crippen molar-refractivity contribution in [2.45, 2.75) is 24.6 Å². The van der Waals surface area contributed by atoms with Crippen LogP contribution in [0.5, 0.6) is 0 Å². The molecule has 8 heteroatoms. The topological polar surface area (TPSA) is 96.7 Å². The number of halogens is 1. The van der Waals surface area contributed by atoms with Gasteiger partial charge in [0.15, 0.2) is 0 Å². The van der Waals surface area contributed by atoms with E-state index >= 15 is 0 Å². The van der Waals surface area contributed by atoms with Crippen LogP contribution in [0.4, 0.5) is 17.1 Å². The molecule has 184 valence electrons. The summed E-state index contributed by atoms with van der Waals surface area (Å²) in [7, 11) is 0. The minimum atomic E-state index is -0.435. The Morgan fingerprint density at radius 3 is 2.44 bits per heavy atom. The lowest BCUT2D eigenvalue weighted by Gasteiger charge is -2.34. The Bertz CT molecular complexity index is 1280. The smallest absolute Gasteiger partial charge is 0.248 e. The second-order valence-corrected chi connectivity index (χ2v) is 9.93. The second-order valence-electron chi connectivity index (χ2n) is 9.02. The molecule has 0 spiro atoms. The number of hydrogen-bond donors (Lipinski definition) is 3. The molecule has 2 bridgehead atoms. The summed E-state index contributed by atoms with van der Waals surface area (Å²) >= 11 is 3.43. The van der Waals surface area contributed by atoms with E-state index in [0.717, 1.165) is 34.3 Å². The predicted octanol–water partition coefficient (Wildman–Crippen LogP) is 4.84. The van der Waals surface area contributed by atoms with E-state index in [1.165, 1.54) is 6.08 Å². The Morgan fingerprint density at radius 1 is 1.03 bits per heavy atom. The number of nitrogen functional groups attached to an aromatic ring is 1. The molecule has 2 saturated heterocycles. The molecule has 0 aliphatic carbocycles. The molecule has 7 nitrogen and oxygen atoms in total. The van der Waals surface area contributed by atoms with Crippen LogP contribution in [0.15, 0.2) is 83.3 Å². The fourth-order valence-corrected chi connectivity index (χ4v) is 4.99. The molecular formula is C28H27BrN4O3. The summed E-state index contributed by atoms with van der Waals surface area (Å²) in [6.45, 7) is 1.38. The van der Waals surface area contributed by atoms with Crippen LogP contribution >= 0.6 is 15.9 Å². The van der Waals surface area contributed by atoms with Crippen LogP contribution in [0, 0.1) is 0 Å². The molecule has 4 N–H and O–H groups in total. The zero-order valence-electron chi connectivity index (χ0n) is 19.6. The van der Waals surface area contributed by atoms with E-state index in [4.69, 9.17) is 10.5 Å². The van der Waals surface area contributed by atoms with Crippen molar-refractivity contribution in [3.05, 3.63) is 94.5 Å². The summed E-state index contributed by atoms with van der Waals surface area (Å²) in [4.78, 5) is 28.0. The molecule has 2 amide bonds. The SMILES string of the molecule is Nc1ccccc1NC(=O)/C=C/c1ccc(C(C(=O)Nc2ccc(Br)cc2)N2CC3CC2CO3)cc1. The Kier molecular flexibility index (Phi) is 7.18. The van der Waals surface area contributed by atoms with Crippen LogP contribution in [0.1, 0.15) is 23.6 Å². The number of nitrogens with one attached hydrogen (secondary N) is 2. The highest BCUT2D eigenvalue weighted by molar-refractivity contribution is 9.10. The number of para-hydroxylation sites is 2. The highest BCUT2D eigenvalue weighted by atomic mass is 79.9. The molecule has 0 aromatic heterocycles. The molecule has 3 aromatic rings. The minimum absolute atomic E-state index is 0.0759. The number of benzene rings is 3. The molecule has 3 aromatic carbocycles. The third kappa shape index (κ3) is 5.51. The molecule has 5 rings (SSSR count). The van der Waals surface area contributed by atoms with E-state index in [0.29, 0.717) is 18.0 Å². The van der Waals surface area contributed by atoms with Crippen LogP contribution in [-0.2, 0) is 14.3 Å². The van der Waals surface area contributed by atoms with Crippen LogP contribution < -0.4 is 16.4 Å². The minimum Gasteiger partial charge on any atom is -0.397 e. The van der Waals surface area contributed by atoms with Gasteiger partial charge in [0, 0.05) is 28.8 Å². The Morgan fingerprint density at radius 2 is 1.78 bits per heavy atom. The van der Waals surface area contributed by atoms with Gasteiger partial charge in [-0.2, -0.15) is 0 Å². The predicted molar refractivity (Wildman–Crippen MR) is 145 cm³/mol. The van der Waals surface area contributed by atoms with E-state index in [1.54, 1.807) is 18.2 Å². The largest absolute Gasteiger partial charge is 0.397 e. The second kappa shape index (κ2) is 10.7.